The molecule has 106 valence electrons. The number of hydrogen-bond donors (Lipinski definition) is 1. The summed E-state index contributed by atoms with van der Waals surface area (Å²) in [6, 6.07) is 10.2. The molecule has 1 heterocycles. The highest BCUT2D eigenvalue weighted by atomic mass is 16.3. The Kier molecular flexibility index (Phi) is 7.82. The monoisotopic (exact) mass is 271 g/mol. The zero-order chi connectivity index (χ0) is 14.6. The van der Waals surface area contributed by atoms with Gasteiger partial charge < -0.3 is 9.67 Å². The van der Waals surface area contributed by atoms with Gasteiger partial charge in [0.15, 0.2) is 0 Å². The lowest BCUT2D eigenvalue weighted by Gasteiger charge is -2.19. The van der Waals surface area contributed by atoms with Crippen molar-refractivity contribution in [2.45, 2.75) is 19.5 Å². The van der Waals surface area contributed by atoms with E-state index in [1.54, 1.807) is 6.20 Å². The van der Waals surface area contributed by atoms with Gasteiger partial charge in [0.05, 0.1) is 13.1 Å². The predicted octanol–water partition coefficient (Wildman–Crippen LogP) is 1.97. The summed E-state index contributed by atoms with van der Waals surface area (Å²) in [5.74, 6) is 0. The number of imidazole rings is 1. The van der Waals surface area contributed by atoms with Crippen molar-refractivity contribution in [2.75, 3.05) is 13.3 Å². The molecule has 1 aromatic carbocycles. The smallest absolute Gasteiger partial charge is 0.0959 e. The Hall–Kier alpha value is -2.09. The quantitative estimate of drug-likeness (QED) is 0.618. The van der Waals surface area contributed by atoms with E-state index in [-0.39, 0.29) is 6.73 Å². The molecule has 1 N–H and O–H groups in total. The van der Waals surface area contributed by atoms with Gasteiger partial charge >= 0.3 is 0 Å². The molecule has 0 saturated carbocycles. The standard InChI is InChI=1S/C14H19N3O.C2H2/c18-13-17(11-14-5-2-1-3-6-14)9-4-8-16-10-7-15-12-16;1-2/h1-3,5-7,10,12,18H,4,8-9,11,13H2;1-2H. The number of terminal acetylenes is 1. The fraction of sp³-hybridized carbons (Fsp3) is 0.312. The summed E-state index contributed by atoms with van der Waals surface area (Å²) in [6.45, 7) is 2.70. The van der Waals surface area contributed by atoms with Gasteiger partial charge in [-0.25, -0.2) is 4.98 Å². The second kappa shape index (κ2) is 9.79. The van der Waals surface area contributed by atoms with Gasteiger partial charge in [0.1, 0.15) is 0 Å². The molecule has 4 heteroatoms. The van der Waals surface area contributed by atoms with Crippen molar-refractivity contribution in [1.29, 1.82) is 0 Å². The van der Waals surface area contributed by atoms with Crippen LogP contribution < -0.4 is 0 Å². The summed E-state index contributed by atoms with van der Waals surface area (Å²) < 4.78 is 2.05. The number of aryl methyl sites for hydroxylation is 1. The van der Waals surface area contributed by atoms with E-state index in [1.165, 1.54) is 5.56 Å². The maximum absolute atomic E-state index is 9.35. The van der Waals surface area contributed by atoms with Crippen LogP contribution in [0.2, 0.25) is 0 Å². The lowest BCUT2D eigenvalue weighted by atomic mass is 10.2. The Morgan fingerprint density at radius 3 is 2.55 bits per heavy atom. The highest BCUT2D eigenvalue weighted by Gasteiger charge is 2.04. The summed E-state index contributed by atoms with van der Waals surface area (Å²) in [5.41, 5.74) is 1.23. The van der Waals surface area contributed by atoms with Crippen molar-refractivity contribution >= 4 is 0 Å². The van der Waals surface area contributed by atoms with Crippen LogP contribution in [0.5, 0.6) is 0 Å². The first-order valence-electron chi connectivity index (χ1n) is 6.54. The van der Waals surface area contributed by atoms with Gasteiger partial charge in [-0.05, 0) is 12.0 Å². The molecule has 0 spiro atoms. The first-order chi connectivity index (χ1) is 9.88. The van der Waals surface area contributed by atoms with Gasteiger partial charge in [0, 0.05) is 32.0 Å². The SMILES string of the molecule is C#C.OCN(CCCn1ccnc1)Cc1ccccc1. The maximum atomic E-state index is 9.35. The first-order valence-corrected chi connectivity index (χ1v) is 6.54. The van der Waals surface area contributed by atoms with Crippen LogP contribution in [0.3, 0.4) is 0 Å². The Balaban J connectivity index is 0.000000956. The van der Waals surface area contributed by atoms with E-state index in [2.05, 4.69) is 34.5 Å². The molecule has 0 radical (unpaired) electrons. The third-order valence-corrected chi connectivity index (χ3v) is 2.90. The van der Waals surface area contributed by atoms with Crippen LogP contribution in [0.1, 0.15) is 12.0 Å². The highest BCUT2D eigenvalue weighted by molar-refractivity contribution is 5.14. The minimum absolute atomic E-state index is 0.0961. The average molecular weight is 271 g/mol. The van der Waals surface area contributed by atoms with Crippen LogP contribution in [0.15, 0.2) is 49.1 Å². The number of benzene rings is 1. The summed E-state index contributed by atoms with van der Waals surface area (Å²) >= 11 is 0. The number of nitrogens with zero attached hydrogens (tertiary/aromatic N) is 3. The molecule has 4 nitrogen and oxygen atoms in total. The molecular weight excluding hydrogens is 250 g/mol. The van der Waals surface area contributed by atoms with Gasteiger partial charge in [-0.3, -0.25) is 4.90 Å². The summed E-state index contributed by atoms with van der Waals surface area (Å²) in [5, 5.41) is 9.35. The minimum Gasteiger partial charge on any atom is -0.381 e. The highest BCUT2D eigenvalue weighted by Crippen LogP contribution is 2.04. The average Bonchev–Trinajstić information content (AvgIpc) is 3.02. The largest absolute Gasteiger partial charge is 0.381 e. The summed E-state index contributed by atoms with van der Waals surface area (Å²) in [7, 11) is 0. The molecule has 0 aliphatic heterocycles. The molecule has 0 bridgehead atoms. The normalized spacial score (nSPS) is 10.0. The van der Waals surface area contributed by atoms with Gasteiger partial charge in [-0.1, -0.05) is 30.3 Å². The lowest BCUT2D eigenvalue weighted by Crippen LogP contribution is -2.26. The van der Waals surface area contributed by atoms with E-state index in [1.807, 2.05) is 35.6 Å². The minimum atomic E-state index is 0.0961. The predicted molar refractivity (Wildman–Crippen MR) is 80.7 cm³/mol. The van der Waals surface area contributed by atoms with Crippen molar-refractivity contribution in [3.05, 3.63) is 54.6 Å². The van der Waals surface area contributed by atoms with Crippen LogP contribution in [0.4, 0.5) is 0 Å². The number of aromatic nitrogens is 2. The second-order valence-corrected chi connectivity index (χ2v) is 4.33. The van der Waals surface area contributed by atoms with E-state index >= 15 is 0 Å². The number of aliphatic hydroxyl groups is 1. The first kappa shape index (κ1) is 16.0. The molecule has 0 fully saturated rings. The van der Waals surface area contributed by atoms with Crippen molar-refractivity contribution in [3.63, 3.8) is 0 Å². The van der Waals surface area contributed by atoms with E-state index < -0.39 is 0 Å². The van der Waals surface area contributed by atoms with Gasteiger partial charge in [-0.2, -0.15) is 0 Å². The fourth-order valence-corrected chi connectivity index (χ4v) is 1.94. The van der Waals surface area contributed by atoms with Crippen LogP contribution in [0.25, 0.3) is 0 Å². The second-order valence-electron chi connectivity index (χ2n) is 4.33. The van der Waals surface area contributed by atoms with Crippen molar-refractivity contribution < 1.29 is 5.11 Å². The molecule has 0 amide bonds. The van der Waals surface area contributed by atoms with Crippen LogP contribution in [-0.4, -0.2) is 32.8 Å². The zero-order valence-electron chi connectivity index (χ0n) is 11.6. The van der Waals surface area contributed by atoms with Crippen LogP contribution >= 0.6 is 0 Å². The molecule has 0 aliphatic rings. The third-order valence-electron chi connectivity index (χ3n) is 2.90. The topological polar surface area (TPSA) is 41.3 Å². The van der Waals surface area contributed by atoms with E-state index in [0.717, 1.165) is 26.1 Å². The maximum Gasteiger partial charge on any atom is 0.0959 e. The van der Waals surface area contributed by atoms with Crippen molar-refractivity contribution in [1.82, 2.24) is 14.5 Å². The molecule has 1 aromatic heterocycles. The number of hydrogen-bond acceptors (Lipinski definition) is 3. The van der Waals surface area contributed by atoms with Crippen LogP contribution in [0, 0.1) is 12.8 Å². The van der Waals surface area contributed by atoms with Crippen molar-refractivity contribution in [2.24, 2.45) is 0 Å². The van der Waals surface area contributed by atoms with E-state index in [9.17, 15) is 5.11 Å². The molecule has 0 saturated heterocycles. The molecule has 2 rings (SSSR count). The zero-order valence-corrected chi connectivity index (χ0v) is 11.6. The Morgan fingerprint density at radius 2 is 1.95 bits per heavy atom. The molecule has 0 atom stereocenters. The lowest BCUT2D eigenvalue weighted by molar-refractivity contribution is 0.0982. The third kappa shape index (κ3) is 5.70. The van der Waals surface area contributed by atoms with Gasteiger partial charge in [-0.15, -0.1) is 12.8 Å². The number of aliphatic hydroxyl groups excluding tert-OH is 1. The van der Waals surface area contributed by atoms with Crippen LogP contribution in [-0.2, 0) is 13.1 Å². The molecule has 2 aromatic rings. The molecule has 20 heavy (non-hydrogen) atoms. The molecular formula is C16H21N3O. The van der Waals surface area contributed by atoms with E-state index in [4.69, 9.17) is 0 Å². The Morgan fingerprint density at radius 1 is 1.20 bits per heavy atom. The molecule has 0 aliphatic carbocycles. The molecule has 0 unspecified atom stereocenters. The van der Waals surface area contributed by atoms with E-state index in [0.29, 0.717) is 0 Å². The number of rotatable bonds is 7. The fourth-order valence-electron chi connectivity index (χ4n) is 1.94. The van der Waals surface area contributed by atoms with Gasteiger partial charge in [0.2, 0.25) is 0 Å². The summed E-state index contributed by atoms with van der Waals surface area (Å²) in [4.78, 5) is 6.04. The Bertz CT molecular complexity index is 465. The summed E-state index contributed by atoms with van der Waals surface area (Å²) in [6.07, 6.45) is 14.6. The van der Waals surface area contributed by atoms with Crippen molar-refractivity contribution in [3.8, 4) is 12.8 Å². The Labute approximate surface area is 120 Å². The van der Waals surface area contributed by atoms with Gasteiger partial charge in [0.25, 0.3) is 0 Å².